The van der Waals surface area contributed by atoms with Crippen LogP contribution in [0.1, 0.15) is 25.1 Å². The maximum absolute atomic E-state index is 13.2. The summed E-state index contributed by atoms with van der Waals surface area (Å²) in [5.74, 6) is -0.215. The van der Waals surface area contributed by atoms with Crippen LogP contribution < -0.4 is 4.90 Å². The minimum absolute atomic E-state index is 0.0466. The minimum Gasteiger partial charge on any atom is -0.465 e. The van der Waals surface area contributed by atoms with Crippen molar-refractivity contribution in [2.45, 2.75) is 25.8 Å². The quantitative estimate of drug-likeness (QED) is 0.637. The number of ether oxygens (including phenoxy) is 1. The zero-order valence-corrected chi connectivity index (χ0v) is 15.5. The van der Waals surface area contributed by atoms with Gasteiger partial charge in [-0.05, 0) is 43.3 Å². The third-order valence-electron chi connectivity index (χ3n) is 4.91. The van der Waals surface area contributed by atoms with Crippen molar-refractivity contribution in [3.05, 3.63) is 60.2 Å². The molecule has 1 atom stereocenters. The van der Waals surface area contributed by atoms with Crippen molar-refractivity contribution in [2.24, 2.45) is 0 Å². The van der Waals surface area contributed by atoms with Crippen LogP contribution in [0, 0.1) is 5.82 Å². The van der Waals surface area contributed by atoms with Crippen molar-refractivity contribution in [1.82, 2.24) is 9.55 Å². The van der Waals surface area contributed by atoms with Crippen LogP contribution in [0.5, 0.6) is 0 Å². The fourth-order valence-corrected chi connectivity index (χ4v) is 3.66. The Kier molecular flexibility index (Phi) is 4.81. The molecule has 0 radical (unpaired) electrons. The summed E-state index contributed by atoms with van der Waals surface area (Å²) in [4.78, 5) is 31.1. The summed E-state index contributed by atoms with van der Waals surface area (Å²) in [6.45, 7) is 2.55. The molecule has 0 bridgehead atoms. The Bertz CT molecular complexity index is 1030. The molecule has 0 N–H and O–H groups in total. The Hall–Kier alpha value is -3.22. The molecule has 144 valence electrons. The van der Waals surface area contributed by atoms with Crippen molar-refractivity contribution in [2.75, 3.05) is 18.1 Å². The molecule has 4 rings (SSSR count). The van der Waals surface area contributed by atoms with Crippen molar-refractivity contribution in [3.8, 4) is 0 Å². The molecule has 0 saturated carbocycles. The van der Waals surface area contributed by atoms with Gasteiger partial charge < -0.3 is 14.2 Å². The van der Waals surface area contributed by atoms with E-state index >= 15 is 0 Å². The van der Waals surface area contributed by atoms with E-state index in [2.05, 4.69) is 0 Å². The fourth-order valence-electron chi connectivity index (χ4n) is 3.66. The maximum atomic E-state index is 13.2. The first-order valence-electron chi connectivity index (χ1n) is 9.23. The van der Waals surface area contributed by atoms with Gasteiger partial charge in [0.05, 0.1) is 17.6 Å². The number of esters is 1. The van der Waals surface area contributed by atoms with Crippen LogP contribution in [0.2, 0.25) is 0 Å². The normalized spacial score (nSPS) is 16.7. The number of fused-ring (bicyclic) bond motifs is 1. The monoisotopic (exact) mass is 381 g/mol. The lowest BCUT2D eigenvalue weighted by molar-refractivity contribution is -0.143. The van der Waals surface area contributed by atoms with E-state index in [1.807, 2.05) is 28.8 Å². The highest BCUT2D eigenvalue weighted by atomic mass is 19.1. The summed E-state index contributed by atoms with van der Waals surface area (Å²) in [6.07, 6.45) is 0.281. The lowest BCUT2D eigenvalue weighted by Crippen LogP contribution is -2.24. The van der Waals surface area contributed by atoms with Crippen molar-refractivity contribution < 1.29 is 18.7 Å². The summed E-state index contributed by atoms with van der Waals surface area (Å²) < 4.78 is 20.1. The molecule has 2 aromatic carbocycles. The van der Waals surface area contributed by atoms with Gasteiger partial charge in [0.1, 0.15) is 18.2 Å². The molecular weight excluding hydrogens is 361 g/mol. The van der Waals surface area contributed by atoms with E-state index in [1.165, 1.54) is 12.1 Å². The molecule has 28 heavy (non-hydrogen) atoms. The third-order valence-corrected chi connectivity index (χ3v) is 4.91. The largest absolute Gasteiger partial charge is 0.465 e. The van der Waals surface area contributed by atoms with Gasteiger partial charge >= 0.3 is 5.97 Å². The van der Waals surface area contributed by atoms with Crippen molar-refractivity contribution in [3.63, 3.8) is 0 Å². The van der Waals surface area contributed by atoms with Crippen LogP contribution in [0.15, 0.2) is 48.5 Å². The maximum Gasteiger partial charge on any atom is 0.326 e. The zero-order valence-electron chi connectivity index (χ0n) is 15.5. The summed E-state index contributed by atoms with van der Waals surface area (Å²) in [7, 11) is 0. The number of aromatic nitrogens is 2. The van der Waals surface area contributed by atoms with Gasteiger partial charge in [-0.3, -0.25) is 9.59 Å². The zero-order chi connectivity index (χ0) is 19.7. The van der Waals surface area contributed by atoms with Crippen LogP contribution >= 0.6 is 0 Å². The van der Waals surface area contributed by atoms with Gasteiger partial charge in [0, 0.05) is 24.6 Å². The predicted octanol–water partition coefficient (Wildman–Crippen LogP) is 3.26. The van der Waals surface area contributed by atoms with Crippen LogP contribution in [-0.4, -0.2) is 34.6 Å². The molecule has 1 aliphatic heterocycles. The first kappa shape index (κ1) is 18.2. The molecule has 1 amide bonds. The molecule has 0 spiro atoms. The summed E-state index contributed by atoms with van der Waals surface area (Å²) in [6, 6.07) is 13.4. The summed E-state index contributed by atoms with van der Waals surface area (Å²) in [5, 5.41) is 0. The fraction of sp³-hybridized carbons (Fsp3) is 0.286. The summed E-state index contributed by atoms with van der Waals surface area (Å²) in [5.41, 5.74) is 2.26. The van der Waals surface area contributed by atoms with Crippen molar-refractivity contribution in [1.29, 1.82) is 0 Å². The number of para-hydroxylation sites is 2. The molecule has 0 aliphatic carbocycles. The highest BCUT2D eigenvalue weighted by Crippen LogP contribution is 2.33. The van der Waals surface area contributed by atoms with E-state index < -0.39 is 0 Å². The van der Waals surface area contributed by atoms with E-state index in [-0.39, 0.29) is 36.6 Å². The second-order valence-electron chi connectivity index (χ2n) is 6.73. The highest BCUT2D eigenvalue weighted by Gasteiger charge is 2.35. The van der Waals surface area contributed by atoms with Gasteiger partial charge in [-0.2, -0.15) is 0 Å². The number of amides is 1. The van der Waals surface area contributed by atoms with Gasteiger partial charge in [-0.1, -0.05) is 12.1 Å². The third kappa shape index (κ3) is 3.35. The summed E-state index contributed by atoms with van der Waals surface area (Å²) >= 11 is 0. The van der Waals surface area contributed by atoms with E-state index in [0.717, 1.165) is 11.0 Å². The molecule has 6 nitrogen and oxygen atoms in total. The Morgan fingerprint density at radius 3 is 2.71 bits per heavy atom. The number of hydrogen-bond donors (Lipinski definition) is 0. The Morgan fingerprint density at radius 1 is 1.21 bits per heavy atom. The number of benzene rings is 2. The van der Waals surface area contributed by atoms with E-state index in [9.17, 15) is 14.0 Å². The van der Waals surface area contributed by atoms with Gasteiger partial charge in [0.15, 0.2) is 0 Å². The van der Waals surface area contributed by atoms with Gasteiger partial charge in [0.2, 0.25) is 5.91 Å². The van der Waals surface area contributed by atoms with E-state index in [0.29, 0.717) is 24.7 Å². The molecule has 7 heteroatoms. The topological polar surface area (TPSA) is 64.4 Å². The van der Waals surface area contributed by atoms with Crippen LogP contribution in [-0.2, 0) is 20.9 Å². The number of imidazole rings is 1. The molecule has 1 saturated heterocycles. The van der Waals surface area contributed by atoms with Crippen LogP contribution in [0.3, 0.4) is 0 Å². The molecule has 2 heterocycles. The van der Waals surface area contributed by atoms with Gasteiger partial charge in [-0.15, -0.1) is 0 Å². The molecular formula is C21H20FN3O3. The molecule has 1 aromatic heterocycles. The van der Waals surface area contributed by atoms with Crippen molar-refractivity contribution >= 4 is 28.6 Å². The molecule has 1 unspecified atom stereocenters. The van der Waals surface area contributed by atoms with Crippen LogP contribution in [0.4, 0.5) is 10.1 Å². The number of nitrogens with zero attached hydrogens (tertiary/aromatic N) is 3. The molecule has 3 aromatic rings. The Labute approximate surface area is 161 Å². The smallest absolute Gasteiger partial charge is 0.326 e. The number of anilines is 1. The van der Waals surface area contributed by atoms with E-state index in [4.69, 9.17) is 9.72 Å². The van der Waals surface area contributed by atoms with Crippen LogP contribution in [0.25, 0.3) is 11.0 Å². The number of carbonyl (C=O) groups excluding carboxylic acids is 2. The first-order valence-corrected chi connectivity index (χ1v) is 9.23. The Morgan fingerprint density at radius 2 is 1.96 bits per heavy atom. The lowest BCUT2D eigenvalue weighted by Gasteiger charge is -2.17. The number of carbonyl (C=O) groups is 2. The number of rotatable bonds is 5. The second-order valence-corrected chi connectivity index (χ2v) is 6.73. The SMILES string of the molecule is CCOC(=O)Cn1c(C2CC(=O)N(c3ccc(F)cc3)C2)nc2ccccc21. The lowest BCUT2D eigenvalue weighted by atomic mass is 10.1. The predicted molar refractivity (Wildman–Crippen MR) is 102 cm³/mol. The number of hydrogen-bond acceptors (Lipinski definition) is 4. The average molecular weight is 381 g/mol. The molecule has 1 fully saturated rings. The first-order chi connectivity index (χ1) is 13.6. The average Bonchev–Trinajstić information content (AvgIpc) is 3.24. The second kappa shape index (κ2) is 7.42. The highest BCUT2D eigenvalue weighted by molar-refractivity contribution is 5.96. The molecule has 1 aliphatic rings. The Balaban J connectivity index is 1.68. The number of halogens is 1. The minimum atomic E-state index is -0.344. The standard InChI is InChI=1S/C21H20FN3O3/c1-2-28-20(27)13-25-18-6-4-3-5-17(18)23-21(25)14-11-19(26)24(12-14)16-9-7-15(22)8-10-16/h3-10,14H,2,11-13H2,1H3. The van der Waals surface area contributed by atoms with Gasteiger partial charge in [0.25, 0.3) is 0 Å². The van der Waals surface area contributed by atoms with Gasteiger partial charge in [-0.25, -0.2) is 9.37 Å². The van der Waals surface area contributed by atoms with E-state index in [1.54, 1.807) is 24.0 Å².